The van der Waals surface area contributed by atoms with E-state index in [1.807, 2.05) is 0 Å². The first-order valence-electron chi connectivity index (χ1n) is 7.92. The molecule has 0 spiro atoms. The lowest BCUT2D eigenvalue weighted by Gasteiger charge is -2.45. The first-order valence-corrected chi connectivity index (χ1v) is 8.80. The van der Waals surface area contributed by atoms with Gasteiger partial charge in [0.25, 0.3) is 0 Å². The van der Waals surface area contributed by atoms with Crippen LogP contribution >= 0.6 is 11.8 Å². The summed E-state index contributed by atoms with van der Waals surface area (Å²) in [7, 11) is 0. The Morgan fingerprint density at radius 2 is 1.81 bits per heavy atom. The number of carbonyl (C=O) groups excluding carboxylic acids is 4. The average Bonchev–Trinajstić information content (AvgIpc) is 2.82. The number of aliphatic carboxylic acids is 2. The van der Waals surface area contributed by atoms with E-state index in [1.165, 1.54) is 28.8 Å². The van der Waals surface area contributed by atoms with Crippen molar-refractivity contribution in [2.75, 3.05) is 0 Å². The summed E-state index contributed by atoms with van der Waals surface area (Å²) >= 11 is 1.23. The number of β-lactam (4-membered cyclic amide) rings is 1. The highest BCUT2D eigenvalue weighted by Crippen LogP contribution is 2.50. The minimum absolute atomic E-state index is 0.237. The second kappa shape index (κ2) is 6.31. The van der Waals surface area contributed by atoms with Crippen LogP contribution in [0.4, 0.5) is 0 Å². The smallest absolute Gasteiger partial charge is 0.249 e. The first kappa shape index (κ1) is 18.2. The number of nitrogens with zero attached hydrogens (tertiary/aromatic N) is 1. The third kappa shape index (κ3) is 2.82. The highest BCUT2D eigenvalue weighted by Gasteiger charge is 2.62. The zero-order chi connectivity index (χ0) is 19.2. The van der Waals surface area contributed by atoms with Gasteiger partial charge in [0, 0.05) is 4.75 Å². The summed E-state index contributed by atoms with van der Waals surface area (Å²) in [6.45, 7) is 3.35. The molecule has 1 aromatic rings. The van der Waals surface area contributed by atoms with Gasteiger partial charge in [-0.2, -0.15) is 0 Å². The van der Waals surface area contributed by atoms with E-state index in [1.54, 1.807) is 32.0 Å². The van der Waals surface area contributed by atoms with Crippen LogP contribution in [-0.2, 0) is 19.2 Å². The summed E-state index contributed by atoms with van der Waals surface area (Å²) in [5.41, 5.74) is 0.237. The second-order valence-electron chi connectivity index (χ2n) is 6.73. The van der Waals surface area contributed by atoms with Crippen LogP contribution in [0.3, 0.4) is 0 Å². The van der Waals surface area contributed by atoms with E-state index in [4.69, 9.17) is 0 Å². The summed E-state index contributed by atoms with van der Waals surface area (Å²) in [6.07, 6.45) is 0. The first-order chi connectivity index (χ1) is 12.1. The molecule has 4 atom stereocenters. The standard InChI is InChI=1S/C17H18N2O6S/c1-17(2)11(16(24)25)19-13(21)10(14(19)26-17)18-12(20)9(15(22)23)8-6-4-3-5-7-8/h3-7,9-11,14H,1-2H3,(H,18,20)(H,22,23)(H,24,25)/p-2/t9-,10-,11-,14-/m1/s1. The fourth-order valence-electron chi connectivity index (χ4n) is 3.40. The van der Waals surface area contributed by atoms with Gasteiger partial charge < -0.3 is 30.0 Å². The molecule has 0 aliphatic carbocycles. The van der Waals surface area contributed by atoms with Crippen molar-refractivity contribution in [3.8, 4) is 0 Å². The molecule has 2 amide bonds. The molecule has 8 nitrogen and oxygen atoms in total. The minimum Gasteiger partial charge on any atom is -0.549 e. The number of fused-ring (bicyclic) bond motifs is 1. The van der Waals surface area contributed by atoms with Crippen LogP contribution in [0.2, 0.25) is 0 Å². The summed E-state index contributed by atoms with van der Waals surface area (Å²) < 4.78 is -0.786. The van der Waals surface area contributed by atoms with Crippen LogP contribution in [0.25, 0.3) is 0 Å². The number of nitrogens with one attached hydrogen (secondary N) is 1. The Labute approximate surface area is 153 Å². The molecule has 138 valence electrons. The van der Waals surface area contributed by atoms with E-state index in [0.717, 1.165) is 0 Å². The summed E-state index contributed by atoms with van der Waals surface area (Å²) in [4.78, 5) is 48.8. The lowest BCUT2D eigenvalue weighted by Crippen LogP contribution is -2.72. The number of rotatable bonds is 5. The van der Waals surface area contributed by atoms with Gasteiger partial charge in [-0.05, 0) is 19.4 Å². The van der Waals surface area contributed by atoms with Gasteiger partial charge in [0.15, 0.2) is 0 Å². The highest BCUT2D eigenvalue weighted by molar-refractivity contribution is 8.01. The molecule has 0 bridgehead atoms. The van der Waals surface area contributed by atoms with Crippen LogP contribution in [0.15, 0.2) is 30.3 Å². The Hall–Kier alpha value is -2.55. The van der Waals surface area contributed by atoms with Crippen molar-refractivity contribution >= 4 is 35.5 Å². The molecule has 0 unspecified atom stereocenters. The molecule has 2 saturated heterocycles. The van der Waals surface area contributed by atoms with Crippen LogP contribution in [-0.4, -0.2) is 50.9 Å². The minimum atomic E-state index is -1.58. The van der Waals surface area contributed by atoms with Crippen LogP contribution < -0.4 is 15.5 Å². The molecule has 9 heteroatoms. The van der Waals surface area contributed by atoms with Gasteiger partial charge in [-0.25, -0.2) is 0 Å². The molecule has 2 aliphatic rings. The molecule has 26 heavy (non-hydrogen) atoms. The number of carbonyl (C=O) groups is 4. The van der Waals surface area contributed by atoms with Crippen LogP contribution in [0.1, 0.15) is 25.3 Å². The van der Waals surface area contributed by atoms with E-state index in [0.29, 0.717) is 0 Å². The van der Waals surface area contributed by atoms with Crippen molar-refractivity contribution in [2.24, 2.45) is 0 Å². The Balaban J connectivity index is 1.78. The van der Waals surface area contributed by atoms with Crippen LogP contribution in [0, 0.1) is 0 Å². The molecular formula is C17H16N2O6S-2. The van der Waals surface area contributed by atoms with Gasteiger partial charge >= 0.3 is 0 Å². The molecule has 0 radical (unpaired) electrons. The van der Waals surface area contributed by atoms with Crippen molar-refractivity contribution in [3.63, 3.8) is 0 Å². The van der Waals surface area contributed by atoms with E-state index in [-0.39, 0.29) is 5.56 Å². The number of carboxylic acid groups (broad SMARTS) is 2. The van der Waals surface area contributed by atoms with Gasteiger partial charge in [-0.15, -0.1) is 11.8 Å². The number of carboxylic acids is 2. The fourth-order valence-corrected chi connectivity index (χ4v) is 5.02. The quantitative estimate of drug-likeness (QED) is 0.457. The van der Waals surface area contributed by atoms with Gasteiger partial charge in [0.2, 0.25) is 11.8 Å². The summed E-state index contributed by atoms with van der Waals surface area (Å²) in [5, 5.41) is 24.6. The number of amides is 2. The Morgan fingerprint density at radius 1 is 1.19 bits per heavy atom. The van der Waals surface area contributed by atoms with E-state index >= 15 is 0 Å². The molecule has 2 fully saturated rings. The number of hydrogen-bond acceptors (Lipinski definition) is 7. The second-order valence-corrected chi connectivity index (χ2v) is 8.50. The lowest BCUT2D eigenvalue weighted by molar-refractivity contribution is -0.312. The Morgan fingerprint density at radius 3 is 2.35 bits per heavy atom. The summed E-state index contributed by atoms with van der Waals surface area (Å²) in [5.74, 6) is -5.94. The normalized spacial score (nSPS) is 27.2. The maximum atomic E-state index is 12.5. The predicted molar refractivity (Wildman–Crippen MR) is 87.2 cm³/mol. The zero-order valence-electron chi connectivity index (χ0n) is 14.0. The van der Waals surface area contributed by atoms with E-state index in [2.05, 4.69) is 5.32 Å². The topological polar surface area (TPSA) is 130 Å². The van der Waals surface area contributed by atoms with E-state index < -0.39 is 51.9 Å². The Kier molecular flexibility index (Phi) is 4.43. The molecule has 1 aromatic carbocycles. The van der Waals surface area contributed by atoms with Gasteiger partial charge in [-0.1, -0.05) is 30.3 Å². The number of benzene rings is 1. The van der Waals surface area contributed by atoms with Gasteiger partial charge in [0.05, 0.1) is 18.0 Å². The molecule has 3 rings (SSSR count). The fraction of sp³-hybridized carbons (Fsp3) is 0.412. The lowest BCUT2D eigenvalue weighted by atomic mass is 9.94. The summed E-state index contributed by atoms with van der Waals surface area (Å²) in [6, 6.07) is 5.73. The molecule has 0 aromatic heterocycles. The van der Waals surface area contributed by atoms with Crippen LogP contribution in [0.5, 0.6) is 0 Å². The highest BCUT2D eigenvalue weighted by atomic mass is 32.2. The van der Waals surface area contributed by atoms with Crippen molar-refractivity contribution in [3.05, 3.63) is 35.9 Å². The Bertz CT molecular complexity index is 781. The van der Waals surface area contributed by atoms with Gasteiger partial charge in [-0.3, -0.25) is 9.59 Å². The number of thioether (sulfide) groups is 1. The molecular weight excluding hydrogens is 360 g/mol. The SMILES string of the molecule is CC1(C)S[C@@H]2[C@H](NC(=O)[C@H](C(=O)[O-])c3ccccc3)C(=O)N2[C@@H]1C(=O)[O-]. The predicted octanol–water partition coefficient (Wildman–Crippen LogP) is -2.18. The molecule has 2 aliphatic heterocycles. The van der Waals surface area contributed by atoms with Crippen molar-refractivity contribution in [1.29, 1.82) is 0 Å². The molecule has 2 heterocycles. The largest absolute Gasteiger partial charge is 0.549 e. The molecule has 1 N–H and O–H groups in total. The molecule has 0 saturated carbocycles. The maximum Gasteiger partial charge on any atom is 0.249 e. The third-order valence-corrected chi connectivity index (χ3v) is 6.16. The van der Waals surface area contributed by atoms with E-state index in [9.17, 15) is 29.4 Å². The monoisotopic (exact) mass is 376 g/mol. The van der Waals surface area contributed by atoms with Crippen molar-refractivity contribution in [1.82, 2.24) is 10.2 Å². The third-order valence-electron chi connectivity index (χ3n) is 4.59. The zero-order valence-corrected chi connectivity index (χ0v) is 14.8. The number of hydrogen-bond donors (Lipinski definition) is 1. The van der Waals surface area contributed by atoms with Crippen molar-refractivity contribution in [2.45, 2.75) is 42.0 Å². The average molecular weight is 376 g/mol. The van der Waals surface area contributed by atoms with Crippen molar-refractivity contribution < 1.29 is 29.4 Å². The van der Waals surface area contributed by atoms with Gasteiger partial charge in [0.1, 0.15) is 17.3 Å². The maximum absolute atomic E-state index is 12.5.